The Morgan fingerprint density at radius 1 is 1.20 bits per heavy atom. The van der Waals surface area contributed by atoms with Crippen LogP contribution in [0.2, 0.25) is 0 Å². The largest absolute Gasteiger partial charge is 0.397 e. The molecule has 20 heavy (non-hydrogen) atoms. The van der Waals surface area contributed by atoms with Gasteiger partial charge in [0.05, 0.1) is 22.7 Å². The van der Waals surface area contributed by atoms with Crippen LogP contribution in [0.15, 0.2) is 30.5 Å². The second-order valence-electron chi connectivity index (χ2n) is 5.17. The number of sulfone groups is 1. The zero-order valence-corrected chi connectivity index (χ0v) is 11.9. The van der Waals surface area contributed by atoms with Crippen molar-refractivity contribution in [3.63, 3.8) is 0 Å². The third-order valence-corrected chi connectivity index (χ3v) is 5.43. The van der Waals surface area contributed by atoms with Crippen molar-refractivity contribution < 1.29 is 8.42 Å². The number of hydrogen-bond donors (Lipinski definition) is 2. The first-order chi connectivity index (χ1) is 9.55. The topological polar surface area (TPSA) is 85.1 Å². The Bertz CT molecular complexity index is 729. The van der Waals surface area contributed by atoms with Crippen LogP contribution in [0.3, 0.4) is 0 Å². The minimum atomic E-state index is -2.83. The third kappa shape index (κ3) is 2.56. The first-order valence-electron chi connectivity index (χ1n) is 6.65. The fourth-order valence-corrected chi connectivity index (χ4v) is 4.07. The number of nitrogens with zero attached hydrogens (tertiary/aromatic N) is 1. The molecular weight excluding hydrogens is 274 g/mol. The molecular formula is C14H17N3O2S. The van der Waals surface area contributed by atoms with Crippen molar-refractivity contribution in [1.82, 2.24) is 4.98 Å². The number of nitrogens with one attached hydrogen (secondary N) is 1. The highest BCUT2D eigenvalue weighted by molar-refractivity contribution is 7.91. The number of rotatable bonds is 2. The Morgan fingerprint density at radius 3 is 2.70 bits per heavy atom. The second kappa shape index (κ2) is 4.94. The minimum Gasteiger partial charge on any atom is -0.397 e. The fourth-order valence-electron chi connectivity index (χ4n) is 2.57. The molecule has 106 valence electrons. The van der Waals surface area contributed by atoms with Crippen molar-refractivity contribution in [3.8, 4) is 0 Å². The summed E-state index contributed by atoms with van der Waals surface area (Å²) in [4.78, 5) is 4.30. The second-order valence-corrected chi connectivity index (χ2v) is 7.48. The molecule has 1 fully saturated rings. The highest BCUT2D eigenvalue weighted by Crippen LogP contribution is 2.28. The van der Waals surface area contributed by atoms with E-state index in [2.05, 4.69) is 10.3 Å². The Kier molecular flexibility index (Phi) is 3.25. The summed E-state index contributed by atoms with van der Waals surface area (Å²) in [5.41, 5.74) is 8.32. The molecule has 3 rings (SSSR count). The zero-order valence-electron chi connectivity index (χ0n) is 11.0. The van der Waals surface area contributed by atoms with Crippen LogP contribution in [-0.2, 0) is 9.84 Å². The van der Waals surface area contributed by atoms with Gasteiger partial charge < -0.3 is 11.1 Å². The Labute approximate surface area is 118 Å². The molecule has 1 aromatic carbocycles. The van der Waals surface area contributed by atoms with Crippen molar-refractivity contribution in [3.05, 3.63) is 30.5 Å². The predicted octanol–water partition coefficient (Wildman–Crippen LogP) is 1.81. The fraction of sp³-hybridized carbons (Fsp3) is 0.357. The van der Waals surface area contributed by atoms with E-state index in [-0.39, 0.29) is 17.5 Å². The Balaban J connectivity index is 1.87. The molecule has 1 aromatic heterocycles. The molecule has 2 heterocycles. The number of benzene rings is 1. The lowest BCUT2D eigenvalue weighted by molar-refractivity contribution is 0.560. The van der Waals surface area contributed by atoms with Gasteiger partial charge in [-0.15, -0.1) is 0 Å². The van der Waals surface area contributed by atoms with E-state index in [0.29, 0.717) is 18.5 Å². The molecule has 2 aromatic rings. The van der Waals surface area contributed by atoms with Crippen LogP contribution in [-0.4, -0.2) is 30.9 Å². The molecule has 0 spiro atoms. The van der Waals surface area contributed by atoms with Gasteiger partial charge in [0, 0.05) is 23.3 Å². The summed E-state index contributed by atoms with van der Waals surface area (Å²) >= 11 is 0. The first-order valence-corrected chi connectivity index (χ1v) is 8.47. The summed E-state index contributed by atoms with van der Waals surface area (Å²) in [7, 11) is -2.83. The van der Waals surface area contributed by atoms with E-state index in [1.807, 2.05) is 24.3 Å². The standard InChI is InChI=1S/C14H17N3O2S/c15-12-3-4-13(11-2-1-7-16-14(11)12)17-10-5-8-20(18,19)9-6-10/h1-4,7,10,17H,5-6,8-9,15H2. The quantitative estimate of drug-likeness (QED) is 0.824. The maximum absolute atomic E-state index is 11.5. The highest BCUT2D eigenvalue weighted by Gasteiger charge is 2.23. The smallest absolute Gasteiger partial charge is 0.150 e. The number of nitrogen functional groups attached to an aromatic ring is 1. The summed E-state index contributed by atoms with van der Waals surface area (Å²) in [6.45, 7) is 0. The average molecular weight is 291 g/mol. The zero-order chi connectivity index (χ0) is 14.2. The number of pyridine rings is 1. The lowest BCUT2D eigenvalue weighted by Crippen LogP contribution is -2.32. The van der Waals surface area contributed by atoms with Gasteiger partial charge in [-0.05, 0) is 37.1 Å². The van der Waals surface area contributed by atoms with Crippen LogP contribution in [0.4, 0.5) is 11.4 Å². The minimum absolute atomic E-state index is 0.186. The molecule has 0 radical (unpaired) electrons. The summed E-state index contributed by atoms with van der Waals surface area (Å²) in [5.74, 6) is 0.519. The third-order valence-electron chi connectivity index (χ3n) is 3.72. The Morgan fingerprint density at radius 2 is 1.95 bits per heavy atom. The van der Waals surface area contributed by atoms with Gasteiger partial charge in [0.15, 0.2) is 0 Å². The van der Waals surface area contributed by atoms with Gasteiger partial charge in [0.2, 0.25) is 0 Å². The van der Waals surface area contributed by atoms with Gasteiger partial charge >= 0.3 is 0 Å². The normalized spacial score (nSPS) is 19.0. The molecule has 3 N–H and O–H groups in total. The number of anilines is 2. The molecule has 0 atom stereocenters. The van der Waals surface area contributed by atoms with E-state index in [0.717, 1.165) is 16.6 Å². The van der Waals surface area contributed by atoms with Crippen molar-refractivity contribution in [1.29, 1.82) is 0 Å². The van der Waals surface area contributed by atoms with E-state index in [9.17, 15) is 8.42 Å². The van der Waals surface area contributed by atoms with Crippen LogP contribution in [0.25, 0.3) is 10.9 Å². The molecule has 0 saturated carbocycles. The van der Waals surface area contributed by atoms with Crippen LogP contribution in [0.1, 0.15) is 12.8 Å². The molecule has 0 aliphatic carbocycles. The molecule has 0 amide bonds. The molecule has 6 heteroatoms. The Hall–Kier alpha value is -1.82. The molecule has 0 unspecified atom stereocenters. The summed E-state index contributed by atoms with van der Waals surface area (Å²) in [6.07, 6.45) is 3.01. The van der Waals surface area contributed by atoms with Crippen LogP contribution < -0.4 is 11.1 Å². The number of aromatic nitrogens is 1. The maximum atomic E-state index is 11.5. The van der Waals surface area contributed by atoms with E-state index < -0.39 is 9.84 Å². The summed E-state index contributed by atoms with van der Waals surface area (Å²) < 4.78 is 22.9. The maximum Gasteiger partial charge on any atom is 0.150 e. The van der Waals surface area contributed by atoms with E-state index >= 15 is 0 Å². The molecule has 1 aliphatic rings. The molecule has 1 aliphatic heterocycles. The van der Waals surface area contributed by atoms with Gasteiger partial charge in [-0.2, -0.15) is 0 Å². The monoisotopic (exact) mass is 291 g/mol. The van der Waals surface area contributed by atoms with Gasteiger partial charge in [-0.3, -0.25) is 4.98 Å². The van der Waals surface area contributed by atoms with Gasteiger partial charge in [-0.1, -0.05) is 0 Å². The van der Waals surface area contributed by atoms with Crippen LogP contribution in [0.5, 0.6) is 0 Å². The highest BCUT2D eigenvalue weighted by atomic mass is 32.2. The molecule has 0 bridgehead atoms. The van der Waals surface area contributed by atoms with Crippen LogP contribution in [0, 0.1) is 0 Å². The van der Waals surface area contributed by atoms with Crippen molar-refractivity contribution in [2.45, 2.75) is 18.9 Å². The van der Waals surface area contributed by atoms with Gasteiger partial charge in [-0.25, -0.2) is 8.42 Å². The van der Waals surface area contributed by atoms with Gasteiger partial charge in [0.25, 0.3) is 0 Å². The summed E-state index contributed by atoms with van der Waals surface area (Å²) in [6, 6.07) is 7.80. The average Bonchev–Trinajstić information content (AvgIpc) is 2.44. The van der Waals surface area contributed by atoms with E-state index in [1.165, 1.54) is 0 Å². The number of hydrogen-bond acceptors (Lipinski definition) is 5. The SMILES string of the molecule is Nc1ccc(NC2CCS(=O)(=O)CC2)c2cccnc12. The van der Waals surface area contributed by atoms with E-state index in [1.54, 1.807) is 6.20 Å². The van der Waals surface area contributed by atoms with Crippen molar-refractivity contribution in [2.75, 3.05) is 22.6 Å². The van der Waals surface area contributed by atoms with Crippen LogP contribution >= 0.6 is 0 Å². The number of nitrogens with two attached hydrogens (primary N) is 1. The lowest BCUT2D eigenvalue weighted by Gasteiger charge is -2.24. The summed E-state index contributed by atoms with van der Waals surface area (Å²) in [5, 5.41) is 4.40. The first kappa shape index (κ1) is 13.2. The number of fused-ring (bicyclic) bond motifs is 1. The van der Waals surface area contributed by atoms with Crippen molar-refractivity contribution in [2.24, 2.45) is 0 Å². The van der Waals surface area contributed by atoms with E-state index in [4.69, 9.17) is 5.73 Å². The molecule has 5 nitrogen and oxygen atoms in total. The van der Waals surface area contributed by atoms with Crippen molar-refractivity contribution >= 4 is 32.1 Å². The molecule has 1 saturated heterocycles. The van der Waals surface area contributed by atoms with Gasteiger partial charge in [0.1, 0.15) is 9.84 Å². The lowest BCUT2D eigenvalue weighted by atomic mass is 10.1. The predicted molar refractivity (Wildman–Crippen MR) is 81.5 cm³/mol.